The Balaban J connectivity index is 1.80. The van der Waals surface area contributed by atoms with E-state index in [2.05, 4.69) is 39.2 Å². The monoisotopic (exact) mass is 625 g/mol. The SMILES string of the molecule is COc1ccc(C(OC(=O)C(O[Si](C)(C)C(C)(C)C)C(NC(=O)c2ccccc2)c2ccccc2)c2ccc(OC)cc2)cc1. The summed E-state index contributed by atoms with van der Waals surface area (Å²) in [6, 6.07) is 32.3. The number of esters is 1. The summed E-state index contributed by atoms with van der Waals surface area (Å²) in [6.07, 6.45) is -1.90. The lowest BCUT2D eigenvalue weighted by Crippen LogP contribution is -2.51. The van der Waals surface area contributed by atoms with Crippen molar-refractivity contribution >= 4 is 20.2 Å². The Morgan fingerprint density at radius 2 is 1.13 bits per heavy atom. The van der Waals surface area contributed by atoms with Crippen LogP contribution in [0.15, 0.2) is 109 Å². The first-order chi connectivity index (χ1) is 21.4. The summed E-state index contributed by atoms with van der Waals surface area (Å²) >= 11 is 0. The molecule has 1 amide bonds. The van der Waals surface area contributed by atoms with E-state index in [9.17, 15) is 9.59 Å². The van der Waals surface area contributed by atoms with E-state index in [1.54, 1.807) is 38.5 Å². The summed E-state index contributed by atoms with van der Waals surface area (Å²) in [4.78, 5) is 28.1. The Kier molecular flexibility index (Phi) is 10.9. The summed E-state index contributed by atoms with van der Waals surface area (Å²) in [5.74, 6) is 0.470. The van der Waals surface area contributed by atoms with Gasteiger partial charge in [-0.15, -0.1) is 0 Å². The molecule has 45 heavy (non-hydrogen) atoms. The molecule has 236 valence electrons. The van der Waals surface area contributed by atoms with Crippen LogP contribution in [0, 0.1) is 0 Å². The van der Waals surface area contributed by atoms with E-state index in [-0.39, 0.29) is 10.9 Å². The molecule has 0 saturated heterocycles. The van der Waals surface area contributed by atoms with Crippen molar-refractivity contribution in [3.63, 3.8) is 0 Å². The minimum absolute atomic E-state index is 0.221. The van der Waals surface area contributed by atoms with Crippen LogP contribution in [-0.2, 0) is 14.0 Å². The number of benzene rings is 4. The molecule has 0 aliphatic carbocycles. The van der Waals surface area contributed by atoms with Crippen LogP contribution in [0.4, 0.5) is 0 Å². The van der Waals surface area contributed by atoms with Crippen LogP contribution < -0.4 is 14.8 Å². The van der Waals surface area contributed by atoms with Gasteiger partial charge in [-0.25, -0.2) is 4.79 Å². The van der Waals surface area contributed by atoms with E-state index in [0.29, 0.717) is 17.1 Å². The van der Waals surface area contributed by atoms with Crippen molar-refractivity contribution in [2.75, 3.05) is 14.2 Å². The lowest BCUT2D eigenvalue weighted by atomic mass is 9.99. The molecule has 8 heteroatoms. The first-order valence-electron chi connectivity index (χ1n) is 15.0. The molecular weight excluding hydrogens is 582 g/mol. The van der Waals surface area contributed by atoms with Crippen LogP contribution >= 0.6 is 0 Å². The zero-order valence-electron chi connectivity index (χ0n) is 27.1. The molecule has 4 rings (SSSR count). The van der Waals surface area contributed by atoms with Crippen molar-refractivity contribution in [1.29, 1.82) is 0 Å². The number of carbonyl (C=O) groups excluding carboxylic acids is 2. The third-order valence-corrected chi connectivity index (χ3v) is 12.8. The molecule has 2 atom stereocenters. The Labute approximate surface area is 267 Å². The Bertz CT molecular complexity index is 1490. The first-order valence-corrected chi connectivity index (χ1v) is 17.9. The van der Waals surface area contributed by atoms with Crippen molar-refractivity contribution in [2.45, 2.75) is 57.2 Å². The van der Waals surface area contributed by atoms with Gasteiger partial charge < -0.3 is 24.0 Å². The maximum absolute atomic E-state index is 14.6. The number of nitrogens with one attached hydrogen (secondary N) is 1. The molecule has 0 aliphatic heterocycles. The van der Waals surface area contributed by atoms with Crippen molar-refractivity contribution in [3.8, 4) is 11.5 Å². The van der Waals surface area contributed by atoms with Gasteiger partial charge in [-0.3, -0.25) is 4.79 Å². The molecule has 0 aromatic heterocycles. The number of rotatable bonds is 12. The van der Waals surface area contributed by atoms with Crippen LogP contribution in [0.25, 0.3) is 0 Å². The van der Waals surface area contributed by atoms with Crippen LogP contribution in [0.2, 0.25) is 18.1 Å². The molecule has 1 N–H and O–H groups in total. The highest BCUT2D eigenvalue weighted by atomic mass is 28.4. The second-order valence-corrected chi connectivity index (χ2v) is 17.1. The van der Waals surface area contributed by atoms with E-state index in [1.165, 1.54) is 0 Å². The molecule has 4 aromatic rings. The summed E-state index contributed by atoms with van der Waals surface area (Å²) in [6.45, 7) is 10.5. The molecule has 2 unspecified atom stereocenters. The summed E-state index contributed by atoms with van der Waals surface area (Å²) in [5.41, 5.74) is 2.72. The van der Waals surface area contributed by atoms with Crippen molar-refractivity contribution in [3.05, 3.63) is 131 Å². The summed E-state index contributed by atoms with van der Waals surface area (Å²) in [7, 11) is 0.631. The van der Waals surface area contributed by atoms with Gasteiger partial charge in [0.2, 0.25) is 0 Å². The van der Waals surface area contributed by atoms with Gasteiger partial charge in [-0.05, 0) is 71.2 Å². The molecule has 0 fully saturated rings. The summed E-state index contributed by atoms with van der Waals surface area (Å²) < 4.78 is 24.0. The fourth-order valence-electron chi connectivity index (χ4n) is 4.62. The number of hydrogen-bond donors (Lipinski definition) is 1. The van der Waals surface area contributed by atoms with Crippen LogP contribution in [-0.4, -0.2) is 40.5 Å². The van der Waals surface area contributed by atoms with Crippen LogP contribution in [0.3, 0.4) is 0 Å². The van der Waals surface area contributed by atoms with Gasteiger partial charge in [-0.2, -0.15) is 0 Å². The maximum atomic E-state index is 14.6. The smallest absolute Gasteiger partial charge is 0.337 e. The van der Waals surface area contributed by atoms with Gasteiger partial charge in [0.05, 0.1) is 20.3 Å². The van der Waals surface area contributed by atoms with Crippen molar-refractivity contribution in [1.82, 2.24) is 5.32 Å². The predicted molar refractivity (Wildman–Crippen MR) is 179 cm³/mol. The third-order valence-electron chi connectivity index (χ3n) is 8.32. The highest BCUT2D eigenvalue weighted by molar-refractivity contribution is 6.74. The molecule has 0 spiro atoms. The van der Waals surface area contributed by atoms with E-state index in [4.69, 9.17) is 18.6 Å². The highest BCUT2D eigenvalue weighted by Crippen LogP contribution is 2.40. The molecule has 0 saturated carbocycles. The minimum atomic E-state index is -2.58. The quantitative estimate of drug-likeness (QED) is 0.127. The van der Waals surface area contributed by atoms with Crippen LogP contribution in [0.5, 0.6) is 11.5 Å². The summed E-state index contributed by atoms with van der Waals surface area (Å²) in [5, 5.41) is 2.89. The van der Waals surface area contributed by atoms with Gasteiger partial charge in [-0.1, -0.05) is 93.6 Å². The van der Waals surface area contributed by atoms with Crippen LogP contribution in [0.1, 0.15) is 60.0 Å². The van der Waals surface area contributed by atoms with E-state index in [1.807, 2.05) is 84.9 Å². The van der Waals surface area contributed by atoms with E-state index >= 15 is 0 Å². The Morgan fingerprint density at radius 3 is 1.58 bits per heavy atom. The number of methoxy groups -OCH3 is 2. The Morgan fingerprint density at radius 1 is 0.667 bits per heavy atom. The van der Waals surface area contributed by atoms with Crippen molar-refractivity contribution in [2.24, 2.45) is 0 Å². The van der Waals surface area contributed by atoms with Crippen molar-refractivity contribution < 1.29 is 28.2 Å². The molecule has 0 aliphatic rings. The normalized spacial score (nSPS) is 13.1. The van der Waals surface area contributed by atoms with Gasteiger partial charge in [0, 0.05) is 5.56 Å². The van der Waals surface area contributed by atoms with Gasteiger partial charge in [0.15, 0.2) is 20.5 Å². The average Bonchev–Trinajstić information content (AvgIpc) is 3.05. The van der Waals surface area contributed by atoms with Gasteiger partial charge in [0.25, 0.3) is 5.91 Å². The second kappa shape index (κ2) is 14.6. The van der Waals surface area contributed by atoms with Gasteiger partial charge in [0.1, 0.15) is 11.5 Å². The average molecular weight is 626 g/mol. The highest BCUT2D eigenvalue weighted by Gasteiger charge is 2.45. The maximum Gasteiger partial charge on any atom is 0.337 e. The lowest BCUT2D eigenvalue weighted by molar-refractivity contribution is -0.158. The fraction of sp³-hybridized carbons (Fsp3) is 0.297. The lowest BCUT2D eigenvalue weighted by Gasteiger charge is -2.41. The third kappa shape index (κ3) is 8.41. The number of ether oxygens (including phenoxy) is 3. The molecular formula is C37H43NO6Si. The topological polar surface area (TPSA) is 83.1 Å². The second-order valence-electron chi connectivity index (χ2n) is 12.4. The van der Waals surface area contributed by atoms with Gasteiger partial charge >= 0.3 is 5.97 Å². The molecule has 0 heterocycles. The van der Waals surface area contributed by atoms with E-state index < -0.39 is 32.5 Å². The largest absolute Gasteiger partial charge is 0.497 e. The molecule has 0 bridgehead atoms. The Hall–Kier alpha value is -4.40. The van der Waals surface area contributed by atoms with E-state index in [0.717, 1.165) is 16.7 Å². The predicted octanol–water partition coefficient (Wildman–Crippen LogP) is 7.90. The zero-order chi connectivity index (χ0) is 32.6. The minimum Gasteiger partial charge on any atom is -0.497 e. The molecule has 0 radical (unpaired) electrons. The first kappa shape index (κ1) is 33.5. The molecule has 4 aromatic carbocycles. The number of amides is 1. The standard InChI is InChI=1S/C37H43NO6Si/c1-37(2,3)45(6,7)44-34(32(26-14-10-8-11-15-26)38-35(39)29-16-12-9-13-17-29)36(40)43-33(27-18-22-30(41-4)23-19-27)28-20-24-31(42-5)25-21-28/h8-25,32-34H,1-7H3,(H,38,39). The zero-order valence-corrected chi connectivity index (χ0v) is 28.1. The number of hydrogen-bond acceptors (Lipinski definition) is 6. The molecule has 7 nitrogen and oxygen atoms in total. The number of carbonyl (C=O) groups is 2. The fourth-order valence-corrected chi connectivity index (χ4v) is 5.84.